The van der Waals surface area contributed by atoms with Crippen LogP contribution in [0.15, 0.2) is 17.1 Å². The Hall–Kier alpha value is -1.48. The van der Waals surface area contributed by atoms with Gasteiger partial charge in [-0.25, -0.2) is 4.79 Å². The molecule has 1 fully saturated rings. The molecule has 0 amide bonds. The molecule has 1 saturated heterocycles. The van der Waals surface area contributed by atoms with Crippen molar-refractivity contribution in [3.63, 3.8) is 0 Å². The van der Waals surface area contributed by atoms with Crippen LogP contribution >= 0.6 is 0 Å². The molecule has 0 saturated carbocycles. The van der Waals surface area contributed by atoms with Gasteiger partial charge in [0.05, 0.1) is 25.3 Å². The fraction of sp³-hybridized carbons (Fsp3) is 0.600. The van der Waals surface area contributed by atoms with E-state index in [2.05, 4.69) is 4.98 Å². The van der Waals surface area contributed by atoms with Gasteiger partial charge < -0.3 is 26.4 Å². The van der Waals surface area contributed by atoms with Gasteiger partial charge in [-0.15, -0.1) is 0 Å². The third-order valence-corrected chi connectivity index (χ3v) is 2.94. The molecule has 0 aromatic carbocycles. The zero-order valence-corrected chi connectivity index (χ0v) is 9.64. The van der Waals surface area contributed by atoms with Crippen molar-refractivity contribution in [2.45, 2.75) is 30.9 Å². The van der Waals surface area contributed by atoms with Crippen LogP contribution in [0, 0.1) is 0 Å². The van der Waals surface area contributed by atoms with Gasteiger partial charge in [-0.05, 0) is 6.07 Å². The van der Waals surface area contributed by atoms with Crippen molar-refractivity contribution < 1.29 is 14.9 Å². The molecule has 0 unspecified atom stereocenters. The molecule has 8 heteroatoms. The van der Waals surface area contributed by atoms with E-state index in [0.29, 0.717) is 0 Å². The Bertz CT molecular complexity index is 477. The van der Waals surface area contributed by atoms with E-state index in [1.165, 1.54) is 16.8 Å². The number of aliphatic hydroxyl groups excluding tert-OH is 2. The molecule has 0 radical (unpaired) electrons. The Morgan fingerprint density at radius 2 is 2.22 bits per heavy atom. The molecule has 1 aliphatic rings. The maximum absolute atomic E-state index is 11.5. The molecule has 0 aliphatic carbocycles. The van der Waals surface area contributed by atoms with Crippen molar-refractivity contribution in [3.8, 4) is 0 Å². The summed E-state index contributed by atoms with van der Waals surface area (Å²) in [4.78, 5) is 15.1. The summed E-state index contributed by atoms with van der Waals surface area (Å²) < 4.78 is 6.57. The minimum atomic E-state index is -1.14. The van der Waals surface area contributed by atoms with Crippen molar-refractivity contribution in [2.75, 3.05) is 12.3 Å². The Labute approximate surface area is 103 Å². The first-order valence-electron chi connectivity index (χ1n) is 5.55. The van der Waals surface area contributed by atoms with E-state index in [4.69, 9.17) is 16.2 Å². The van der Waals surface area contributed by atoms with E-state index in [-0.39, 0.29) is 19.0 Å². The van der Waals surface area contributed by atoms with Gasteiger partial charge in [0.2, 0.25) is 0 Å². The van der Waals surface area contributed by atoms with Crippen LogP contribution < -0.4 is 17.2 Å². The van der Waals surface area contributed by atoms with E-state index < -0.39 is 30.0 Å². The summed E-state index contributed by atoms with van der Waals surface area (Å²) in [5.74, 6) is 0.128. The van der Waals surface area contributed by atoms with Crippen LogP contribution in [0.1, 0.15) is 0 Å². The predicted molar refractivity (Wildman–Crippen MR) is 62.6 cm³/mol. The van der Waals surface area contributed by atoms with E-state index in [1.807, 2.05) is 0 Å². The molecule has 1 aliphatic heterocycles. The average molecular weight is 256 g/mol. The summed E-state index contributed by atoms with van der Waals surface area (Å²) in [5, 5.41) is 19.4. The summed E-state index contributed by atoms with van der Waals surface area (Å²) in [5.41, 5.74) is 10.4. The maximum atomic E-state index is 11.5. The Morgan fingerprint density at radius 3 is 2.89 bits per heavy atom. The summed E-state index contributed by atoms with van der Waals surface area (Å²) in [7, 11) is 0. The topological polar surface area (TPSA) is 137 Å². The van der Waals surface area contributed by atoms with Crippen LogP contribution in [0.3, 0.4) is 0 Å². The number of aromatic nitrogens is 2. The van der Waals surface area contributed by atoms with E-state index in [1.54, 1.807) is 0 Å². The zero-order valence-electron chi connectivity index (χ0n) is 9.64. The van der Waals surface area contributed by atoms with E-state index >= 15 is 0 Å². The van der Waals surface area contributed by atoms with Gasteiger partial charge in [0, 0.05) is 6.20 Å². The lowest BCUT2D eigenvalue weighted by Crippen LogP contribution is -2.57. The van der Waals surface area contributed by atoms with Crippen molar-refractivity contribution in [3.05, 3.63) is 22.7 Å². The van der Waals surface area contributed by atoms with Gasteiger partial charge in [-0.2, -0.15) is 4.98 Å². The van der Waals surface area contributed by atoms with Crippen molar-refractivity contribution in [2.24, 2.45) is 5.73 Å². The second-order valence-electron chi connectivity index (χ2n) is 4.30. The van der Waals surface area contributed by atoms with Gasteiger partial charge in [0.1, 0.15) is 18.0 Å². The van der Waals surface area contributed by atoms with Crippen LogP contribution in [0.2, 0.25) is 0 Å². The third-order valence-electron chi connectivity index (χ3n) is 2.94. The predicted octanol–water partition coefficient (Wildman–Crippen LogP) is -2.73. The minimum Gasteiger partial charge on any atom is -0.389 e. The number of nitrogens with zero attached hydrogens (tertiary/aromatic N) is 2. The van der Waals surface area contributed by atoms with Gasteiger partial charge >= 0.3 is 5.69 Å². The fourth-order valence-corrected chi connectivity index (χ4v) is 1.84. The average Bonchev–Trinajstić information content (AvgIpc) is 2.33. The maximum Gasteiger partial charge on any atom is 0.349 e. The highest BCUT2D eigenvalue weighted by Gasteiger charge is 2.36. The van der Waals surface area contributed by atoms with Gasteiger partial charge in [-0.3, -0.25) is 4.57 Å². The second-order valence-corrected chi connectivity index (χ2v) is 4.30. The minimum absolute atomic E-state index is 0.0804. The zero-order chi connectivity index (χ0) is 13.3. The molecule has 0 bridgehead atoms. The molecule has 4 atom stereocenters. The number of hydrogen-bond acceptors (Lipinski definition) is 7. The molecule has 8 nitrogen and oxygen atoms in total. The van der Waals surface area contributed by atoms with Crippen LogP contribution in [-0.2, 0) is 11.3 Å². The van der Waals surface area contributed by atoms with Crippen LogP contribution in [-0.4, -0.2) is 50.7 Å². The Kier molecular flexibility index (Phi) is 3.62. The number of rotatable bonds is 2. The first-order chi connectivity index (χ1) is 8.49. The highest BCUT2D eigenvalue weighted by Crippen LogP contribution is 2.15. The van der Waals surface area contributed by atoms with Gasteiger partial charge in [0.25, 0.3) is 0 Å². The largest absolute Gasteiger partial charge is 0.389 e. The summed E-state index contributed by atoms with van der Waals surface area (Å²) in [6.07, 6.45) is -1.45. The summed E-state index contributed by atoms with van der Waals surface area (Å²) >= 11 is 0. The van der Waals surface area contributed by atoms with Crippen molar-refractivity contribution in [1.82, 2.24) is 9.55 Å². The molecule has 100 valence electrons. The molecular weight excluding hydrogens is 240 g/mol. The number of aliphatic hydroxyl groups is 2. The lowest BCUT2D eigenvalue weighted by molar-refractivity contribution is -0.148. The van der Waals surface area contributed by atoms with Gasteiger partial charge in [-0.1, -0.05) is 0 Å². The normalized spacial score (nSPS) is 32.4. The van der Waals surface area contributed by atoms with Crippen LogP contribution in [0.4, 0.5) is 5.82 Å². The molecular formula is C10H16N4O4. The Balaban J connectivity index is 2.12. The molecule has 0 spiro atoms. The third kappa shape index (κ3) is 2.51. The molecule has 2 rings (SSSR count). The number of nitrogens with two attached hydrogens (primary N) is 2. The van der Waals surface area contributed by atoms with E-state index in [0.717, 1.165) is 0 Å². The highest BCUT2D eigenvalue weighted by molar-refractivity contribution is 5.23. The van der Waals surface area contributed by atoms with Crippen LogP contribution in [0.5, 0.6) is 0 Å². The first-order valence-corrected chi connectivity index (χ1v) is 5.55. The SMILES string of the molecule is Nc1ccn(C[C@H]2OC[C@@H](N)[C@H](O)[C@@H]2O)c(=O)n1. The molecule has 2 heterocycles. The lowest BCUT2D eigenvalue weighted by Gasteiger charge is -2.36. The van der Waals surface area contributed by atoms with Crippen LogP contribution in [0.25, 0.3) is 0 Å². The highest BCUT2D eigenvalue weighted by atomic mass is 16.5. The number of hydrogen-bond donors (Lipinski definition) is 4. The summed E-state index contributed by atoms with van der Waals surface area (Å²) in [6, 6.07) is 0.844. The summed E-state index contributed by atoms with van der Waals surface area (Å²) in [6.45, 7) is 0.205. The monoisotopic (exact) mass is 256 g/mol. The molecule has 1 aromatic rings. The number of ether oxygens (including phenoxy) is 1. The van der Waals surface area contributed by atoms with Crippen molar-refractivity contribution in [1.29, 1.82) is 0 Å². The van der Waals surface area contributed by atoms with E-state index in [9.17, 15) is 15.0 Å². The molecule has 6 N–H and O–H groups in total. The Morgan fingerprint density at radius 1 is 1.50 bits per heavy atom. The quantitative estimate of drug-likeness (QED) is 0.451. The first kappa shape index (κ1) is 13.0. The lowest BCUT2D eigenvalue weighted by atomic mass is 9.99. The molecule has 18 heavy (non-hydrogen) atoms. The number of nitrogen functional groups attached to an aromatic ring is 1. The second kappa shape index (κ2) is 5.02. The number of anilines is 1. The fourth-order valence-electron chi connectivity index (χ4n) is 1.84. The molecule has 1 aromatic heterocycles. The smallest absolute Gasteiger partial charge is 0.349 e. The van der Waals surface area contributed by atoms with Gasteiger partial charge in [0.15, 0.2) is 0 Å². The standard InChI is InChI=1S/C10H16N4O4/c11-5-4-18-6(9(16)8(5)15)3-14-2-1-7(12)13-10(14)17/h1-2,5-6,8-9,15-16H,3-4,11H2,(H2,12,13,17)/t5-,6-,8+,9-/m1/s1. The van der Waals surface area contributed by atoms with Crippen molar-refractivity contribution >= 4 is 5.82 Å².